The number of aliphatic hydroxyl groups excluding tert-OH is 1. The fraction of sp³-hybridized carbons (Fsp3) is 0.360. The number of nitrogens with zero attached hydrogens (tertiary/aromatic N) is 3. The average molecular weight is 452 g/mol. The Kier molecular flexibility index (Phi) is 7.28. The molecule has 3 rings (SSSR count). The monoisotopic (exact) mass is 451 g/mol. The van der Waals surface area contributed by atoms with Gasteiger partial charge in [-0.1, -0.05) is 50.2 Å². The van der Waals surface area contributed by atoms with Crippen molar-refractivity contribution >= 4 is 23.1 Å². The molecule has 174 valence electrons. The predicted molar refractivity (Wildman–Crippen MR) is 126 cm³/mol. The van der Waals surface area contributed by atoms with Gasteiger partial charge in [-0.3, -0.25) is 19.7 Å². The summed E-state index contributed by atoms with van der Waals surface area (Å²) < 4.78 is 0. The third-order valence-corrected chi connectivity index (χ3v) is 5.79. The van der Waals surface area contributed by atoms with Crippen molar-refractivity contribution in [2.75, 3.05) is 27.2 Å². The summed E-state index contributed by atoms with van der Waals surface area (Å²) in [5.41, 5.74) is 1.68. The van der Waals surface area contributed by atoms with E-state index in [0.717, 1.165) is 12.1 Å². The van der Waals surface area contributed by atoms with Crippen LogP contribution in [0, 0.1) is 10.1 Å². The first kappa shape index (κ1) is 24.1. The van der Waals surface area contributed by atoms with E-state index in [4.69, 9.17) is 0 Å². The molecule has 0 aliphatic carbocycles. The highest BCUT2D eigenvalue weighted by Crippen LogP contribution is 2.40. The maximum absolute atomic E-state index is 13.1. The number of likely N-dealkylation sites (tertiary alicyclic amines) is 1. The smallest absolute Gasteiger partial charge is 0.295 e. The standard InChI is InChI=1S/C25H29N3O5/c1-16(2)17-9-11-18(12-10-17)22-21(23(29)19-7-5-8-20(15-19)28(32)33)24(30)25(31)27(22)14-6-13-26(3)4/h5,7-12,15-16,22,29H,6,13-14H2,1-4H3/b23-21-. The molecule has 1 saturated heterocycles. The molecule has 8 heteroatoms. The van der Waals surface area contributed by atoms with Gasteiger partial charge in [-0.2, -0.15) is 0 Å². The molecule has 1 N–H and O–H groups in total. The molecule has 2 aromatic carbocycles. The van der Waals surface area contributed by atoms with Crippen molar-refractivity contribution in [2.24, 2.45) is 0 Å². The number of Topliss-reactive ketones (excluding diaryl/α,β-unsaturated/α-hetero) is 1. The van der Waals surface area contributed by atoms with Crippen LogP contribution in [0.15, 0.2) is 54.1 Å². The maximum atomic E-state index is 13.1. The van der Waals surface area contributed by atoms with Crippen LogP contribution in [0.4, 0.5) is 5.69 Å². The summed E-state index contributed by atoms with van der Waals surface area (Å²) in [4.78, 5) is 40.1. The number of hydrogen-bond donors (Lipinski definition) is 1. The van der Waals surface area contributed by atoms with Gasteiger partial charge in [0, 0.05) is 24.2 Å². The Morgan fingerprint density at radius 2 is 1.82 bits per heavy atom. The van der Waals surface area contributed by atoms with Crippen LogP contribution in [0.3, 0.4) is 0 Å². The lowest BCUT2D eigenvalue weighted by Crippen LogP contribution is -2.32. The Balaban J connectivity index is 2.11. The van der Waals surface area contributed by atoms with E-state index < -0.39 is 28.4 Å². The highest BCUT2D eigenvalue weighted by molar-refractivity contribution is 6.46. The van der Waals surface area contributed by atoms with Crippen molar-refractivity contribution in [3.05, 3.63) is 80.9 Å². The maximum Gasteiger partial charge on any atom is 0.295 e. The first-order valence-corrected chi connectivity index (χ1v) is 10.9. The molecule has 0 aromatic heterocycles. The van der Waals surface area contributed by atoms with E-state index in [9.17, 15) is 24.8 Å². The number of benzene rings is 2. The summed E-state index contributed by atoms with van der Waals surface area (Å²) >= 11 is 0. The van der Waals surface area contributed by atoms with Crippen LogP contribution < -0.4 is 0 Å². The molecule has 0 bridgehead atoms. The van der Waals surface area contributed by atoms with Gasteiger partial charge >= 0.3 is 0 Å². The minimum absolute atomic E-state index is 0.0531. The van der Waals surface area contributed by atoms with Gasteiger partial charge in [0.05, 0.1) is 16.5 Å². The number of rotatable bonds is 8. The number of carbonyl (C=O) groups excluding carboxylic acids is 2. The average Bonchev–Trinajstić information content (AvgIpc) is 3.03. The highest BCUT2D eigenvalue weighted by atomic mass is 16.6. The molecule has 1 amide bonds. The molecule has 0 radical (unpaired) electrons. The van der Waals surface area contributed by atoms with Crippen LogP contribution in [-0.4, -0.2) is 58.7 Å². The Morgan fingerprint density at radius 1 is 1.15 bits per heavy atom. The molecule has 2 aromatic rings. The Bertz CT molecular complexity index is 1090. The molecule has 0 spiro atoms. The van der Waals surface area contributed by atoms with Crippen LogP contribution in [-0.2, 0) is 9.59 Å². The van der Waals surface area contributed by atoms with Gasteiger partial charge in [-0.25, -0.2) is 0 Å². The Morgan fingerprint density at radius 3 is 2.39 bits per heavy atom. The lowest BCUT2D eigenvalue weighted by Gasteiger charge is -2.26. The minimum atomic E-state index is -0.790. The molecule has 1 heterocycles. The third kappa shape index (κ3) is 5.12. The summed E-state index contributed by atoms with van der Waals surface area (Å²) in [6.45, 7) is 5.22. The lowest BCUT2D eigenvalue weighted by atomic mass is 9.93. The zero-order chi connectivity index (χ0) is 24.3. The summed E-state index contributed by atoms with van der Waals surface area (Å²) in [5, 5.41) is 22.3. The Hall–Kier alpha value is -3.52. The summed E-state index contributed by atoms with van der Waals surface area (Å²) in [6.07, 6.45) is 0.650. The molecular formula is C25H29N3O5. The van der Waals surface area contributed by atoms with Gasteiger partial charge in [0.2, 0.25) is 0 Å². The molecular weight excluding hydrogens is 422 g/mol. The van der Waals surface area contributed by atoms with Crippen LogP contribution in [0.5, 0.6) is 0 Å². The van der Waals surface area contributed by atoms with Gasteiger partial charge < -0.3 is 14.9 Å². The molecule has 8 nitrogen and oxygen atoms in total. The van der Waals surface area contributed by atoms with Gasteiger partial charge in [-0.05, 0) is 44.1 Å². The van der Waals surface area contributed by atoms with Gasteiger partial charge in [0.25, 0.3) is 17.4 Å². The minimum Gasteiger partial charge on any atom is -0.507 e. The topological polar surface area (TPSA) is 104 Å². The number of aliphatic hydroxyl groups is 1. The van der Waals surface area contributed by atoms with Crippen molar-refractivity contribution < 1.29 is 19.6 Å². The number of amides is 1. The summed E-state index contributed by atoms with van der Waals surface area (Å²) in [6, 6.07) is 12.3. The number of carbonyl (C=O) groups is 2. The number of nitro benzene ring substituents is 1. The highest BCUT2D eigenvalue weighted by Gasteiger charge is 2.45. The fourth-order valence-electron chi connectivity index (χ4n) is 4.00. The second-order valence-electron chi connectivity index (χ2n) is 8.78. The largest absolute Gasteiger partial charge is 0.507 e. The number of hydrogen-bond acceptors (Lipinski definition) is 6. The van der Waals surface area contributed by atoms with Crippen molar-refractivity contribution in [2.45, 2.75) is 32.2 Å². The van der Waals surface area contributed by atoms with E-state index in [1.807, 2.05) is 43.3 Å². The van der Waals surface area contributed by atoms with Crippen LogP contribution in [0.2, 0.25) is 0 Å². The molecule has 0 saturated carbocycles. The van der Waals surface area contributed by atoms with E-state index >= 15 is 0 Å². The number of ketones is 1. The first-order valence-electron chi connectivity index (χ1n) is 10.9. The van der Waals surface area contributed by atoms with Crippen molar-refractivity contribution in [3.8, 4) is 0 Å². The lowest BCUT2D eigenvalue weighted by molar-refractivity contribution is -0.384. The number of non-ortho nitro benzene ring substituents is 1. The fourth-order valence-corrected chi connectivity index (χ4v) is 4.00. The quantitative estimate of drug-likeness (QED) is 0.213. The SMILES string of the molecule is CC(C)c1ccc(C2/C(=C(/O)c3cccc([N+](=O)[O-])c3)C(=O)C(=O)N2CCCN(C)C)cc1. The second-order valence-corrected chi connectivity index (χ2v) is 8.78. The predicted octanol–water partition coefficient (Wildman–Crippen LogP) is 4.09. The zero-order valence-electron chi connectivity index (χ0n) is 19.3. The molecule has 1 aliphatic rings. The van der Waals surface area contributed by atoms with E-state index in [1.54, 1.807) is 0 Å². The normalized spacial score (nSPS) is 17.9. The van der Waals surface area contributed by atoms with Gasteiger partial charge in [0.1, 0.15) is 5.76 Å². The second kappa shape index (κ2) is 9.95. The third-order valence-electron chi connectivity index (χ3n) is 5.79. The van der Waals surface area contributed by atoms with Crippen molar-refractivity contribution in [1.82, 2.24) is 9.80 Å². The molecule has 1 aliphatic heterocycles. The van der Waals surface area contributed by atoms with Crippen LogP contribution in [0.25, 0.3) is 5.76 Å². The van der Waals surface area contributed by atoms with Crippen molar-refractivity contribution in [1.29, 1.82) is 0 Å². The summed E-state index contributed by atoms with van der Waals surface area (Å²) in [5.74, 6) is -1.57. The zero-order valence-corrected chi connectivity index (χ0v) is 19.3. The van der Waals surface area contributed by atoms with Gasteiger partial charge in [-0.15, -0.1) is 0 Å². The van der Waals surface area contributed by atoms with Crippen LogP contribution >= 0.6 is 0 Å². The van der Waals surface area contributed by atoms with E-state index in [-0.39, 0.29) is 16.8 Å². The van der Waals surface area contributed by atoms with E-state index in [0.29, 0.717) is 24.4 Å². The van der Waals surface area contributed by atoms with Gasteiger partial charge in [0.15, 0.2) is 0 Å². The molecule has 1 unspecified atom stereocenters. The number of nitro groups is 1. The summed E-state index contributed by atoms with van der Waals surface area (Å²) in [7, 11) is 3.86. The molecule has 1 atom stereocenters. The molecule has 33 heavy (non-hydrogen) atoms. The van der Waals surface area contributed by atoms with E-state index in [1.165, 1.54) is 29.2 Å². The Labute approximate surface area is 193 Å². The first-order chi connectivity index (χ1) is 15.6. The van der Waals surface area contributed by atoms with E-state index in [2.05, 4.69) is 13.8 Å². The van der Waals surface area contributed by atoms with Crippen LogP contribution in [0.1, 0.15) is 48.9 Å². The van der Waals surface area contributed by atoms with Crippen molar-refractivity contribution in [3.63, 3.8) is 0 Å². The molecule has 1 fully saturated rings.